The number of benzene rings is 1. The Bertz CT molecular complexity index is 829. The van der Waals surface area contributed by atoms with Gasteiger partial charge < -0.3 is 15.7 Å². The molecule has 1 aromatic carbocycles. The molecule has 3 N–H and O–H groups in total. The molecular weight excluding hydrogens is 338 g/mol. The van der Waals surface area contributed by atoms with Gasteiger partial charge in [-0.25, -0.2) is 4.98 Å². The molecule has 25 heavy (non-hydrogen) atoms. The van der Waals surface area contributed by atoms with Crippen molar-refractivity contribution in [2.75, 3.05) is 23.8 Å². The zero-order valence-electron chi connectivity index (χ0n) is 13.5. The lowest BCUT2D eigenvalue weighted by Gasteiger charge is -2.11. The van der Waals surface area contributed by atoms with Crippen LogP contribution in [0.3, 0.4) is 0 Å². The Hall–Kier alpha value is -2.70. The minimum atomic E-state index is 0.00284. The van der Waals surface area contributed by atoms with Crippen LogP contribution < -0.4 is 10.6 Å². The number of aromatic nitrogens is 3. The van der Waals surface area contributed by atoms with Crippen LogP contribution in [0.1, 0.15) is 5.56 Å². The average molecular weight is 356 g/mol. The lowest BCUT2D eigenvalue weighted by Crippen LogP contribution is -2.11. The molecule has 0 aliphatic rings. The van der Waals surface area contributed by atoms with Crippen molar-refractivity contribution in [3.05, 3.63) is 65.4 Å². The molecule has 0 atom stereocenters. The fourth-order valence-electron chi connectivity index (χ4n) is 2.27. The van der Waals surface area contributed by atoms with E-state index in [2.05, 4.69) is 25.6 Å². The van der Waals surface area contributed by atoms with Gasteiger partial charge in [-0.1, -0.05) is 29.8 Å². The highest BCUT2D eigenvalue weighted by atomic mass is 35.5. The molecule has 0 aliphatic carbocycles. The van der Waals surface area contributed by atoms with Crippen molar-refractivity contribution in [3.63, 3.8) is 0 Å². The second-order valence-electron chi connectivity index (χ2n) is 5.30. The maximum Gasteiger partial charge on any atom is 0.225 e. The Kier molecular flexibility index (Phi) is 5.77. The number of hydrogen-bond acceptors (Lipinski definition) is 6. The molecule has 0 saturated heterocycles. The zero-order valence-corrected chi connectivity index (χ0v) is 14.2. The van der Waals surface area contributed by atoms with E-state index in [-0.39, 0.29) is 6.61 Å². The van der Waals surface area contributed by atoms with Crippen LogP contribution in [0.5, 0.6) is 0 Å². The molecule has 0 spiro atoms. The van der Waals surface area contributed by atoms with Crippen molar-refractivity contribution in [1.82, 2.24) is 15.0 Å². The SMILES string of the molecule is OCCNc1nc(NCc2ccccc2Cl)cc(-c2cccnc2)n1. The lowest BCUT2D eigenvalue weighted by atomic mass is 10.2. The van der Waals surface area contributed by atoms with E-state index in [0.717, 1.165) is 16.8 Å². The Labute approximate surface area is 150 Å². The first-order valence-electron chi connectivity index (χ1n) is 7.88. The number of hydrogen-bond donors (Lipinski definition) is 3. The molecule has 0 unspecified atom stereocenters. The first-order valence-corrected chi connectivity index (χ1v) is 8.25. The summed E-state index contributed by atoms with van der Waals surface area (Å²) in [4.78, 5) is 13.0. The quantitative estimate of drug-likeness (QED) is 0.603. The minimum Gasteiger partial charge on any atom is -0.395 e. The number of aliphatic hydroxyl groups is 1. The zero-order chi connectivity index (χ0) is 17.5. The normalized spacial score (nSPS) is 10.5. The molecule has 0 fully saturated rings. The van der Waals surface area contributed by atoms with E-state index in [1.807, 2.05) is 42.5 Å². The molecule has 0 amide bonds. The Morgan fingerprint density at radius 2 is 1.92 bits per heavy atom. The summed E-state index contributed by atoms with van der Waals surface area (Å²) in [7, 11) is 0. The van der Waals surface area contributed by atoms with Gasteiger partial charge in [0.2, 0.25) is 5.95 Å². The number of rotatable bonds is 7. The predicted molar refractivity (Wildman–Crippen MR) is 99.6 cm³/mol. The highest BCUT2D eigenvalue weighted by Gasteiger charge is 2.07. The van der Waals surface area contributed by atoms with Gasteiger partial charge in [-0.3, -0.25) is 4.98 Å². The standard InChI is InChI=1S/C18H18ClN5O/c19-15-6-2-1-4-13(15)12-22-17-10-16(14-5-3-7-20-11-14)23-18(24-17)21-8-9-25/h1-7,10-11,25H,8-9,12H2,(H2,21,22,23,24). The van der Waals surface area contributed by atoms with Crippen molar-refractivity contribution >= 4 is 23.4 Å². The maximum absolute atomic E-state index is 9.01. The molecule has 0 saturated carbocycles. The number of pyridine rings is 1. The third-order valence-corrected chi connectivity index (χ3v) is 3.86. The van der Waals surface area contributed by atoms with Gasteiger partial charge in [0, 0.05) is 42.1 Å². The predicted octanol–water partition coefficient (Wildman–Crippen LogP) is 3.21. The fraction of sp³-hybridized carbons (Fsp3) is 0.167. The summed E-state index contributed by atoms with van der Waals surface area (Å²) in [6, 6.07) is 13.3. The van der Waals surface area contributed by atoms with Gasteiger partial charge in [0.1, 0.15) is 5.82 Å². The van der Waals surface area contributed by atoms with Crippen LogP contribution in [0.4, 0.5) is 11.8 Å². The van der Waals surface area contributed by atoms with Crippen molar-refractivity contribution in [2.45, 2.75) is 6.54 Å². The molecule has 2 aromatic heterocycles. The Balaban J connectivity index is 1.85. The van der Waals surface area contributed by atoms with Crippen LogP contribution in [0.2, 0.25) is 5.02 Å². The van der Waals surface area contributed by atoms with Gasteiger partial charge in [0.15, 0.2) is 0 Å². The van der Waals surface area contributed by atoms with Crippen LogP contribution >= 0.6 is 11.6 Å². The van der Waals surface area contributed by atoms with Crippen molar-refractivity contribution in [2.24, 2.45) is 0 Å². The van der Waals surface area contributed by atoms with Crippen molar-refractivity contribution < 1.29 is 5.11 Å². The molecular formula is C18H18ClN5O. The van der Waals surface area contributed by atoms with Crippen LogP contribution in [0.15, 0.2) is 54.9 Å². The molecule has 3 aromatic rings. The third-order valence-electron chi connectivity index (χ3n) is 3.50. The lowest BCUT2D eigenvalue weighted by molar-refractivity contribution is 0.311. The number of nitrogens with one attached hydrogen (secondary N) is 2. The molecule has 0 aliphatic heterocycles. The summed E-state index contributed by atoms with van der Waals surface area (Å²) >= 11 is 6.20. The van der Waals surface area contributed by atoms with Gasteiger partial charge in [-0.2, -0.15) is 4.98 Å². The topological polar surface area (TPSA) is 83.0 Å². The Morgan fingerprint density at radius 1 is 1.04 bits per heavy atom. The summed E-state index contributed by atoms with van der Waals surface area (Å²) in [6.07, 6.45) is 3.46. The Morgan fingerprint density at radius 3 is 2.68 bits per heavy atom. The highest BCUT2D eigenvalue weighted by Crippen LogP contribution is 2.22. The van der Waals surface area contributed by atoms with Crippen LogP contribution in [0.25, 0.3) is 11.3 Å². The molecule has 0 bridgehead atoms. The van der Waals surface area contributed by atoms with Crippen molar-refractivity contribution in [1.29, 1.82) is 0 Å². The van der Waals surface area contributed by atoms with Gasteiger partial charge in [-0.05, 0) is 23.8 Å². The number of halogens is 1. The smallest absolute Gasteiger partial charge is 0.225 e. The van der Waals surface area contributed by atoms with Gasteiger partial charge in [-0.15, -0.1) is 0 Å². The van der Waals surface area contributed by atoms with Crippen LogP contribution in [-0.2, 0) is 6.54 Å². The monoisotopic (exact) mass is 355 g/mol. The van der Waals surface area contributed by atoms with E-state index in [1.165, 1.54) is 0 Å². The largest absolute Gasteiger partial charge is 0.395 e. The van der Waals surface area contributed by atoms with E-state index < -0.39 is 0 Å². The summed E-state index contributed by atoms with van der Waals surface area (Å²) in [5.41, 5.74) is 2.61. The third kappa shape index (κ3) is 4.65. The van der Waals surface area contributed by atoms with Crippen molar-refractivity contribution in [3.8, 4) is 11.3 Å². The van der Waals surface area contributed by atoms with E-state index in [1.54, 1.807) is 12.4 Å². The molecule has 7 heteroatoms. The molecule has 3 rings (SSSR count). The fourth-order valence-corrected chi connectivity index (χ4v) is 2.48. The summed E-state index contributed by atoms with van der Waals surface area (Å²) in [5, 5.41) is 16.0. The molecule has 128 valence electrons. The average Bonchev–Trinajstić information content (AvgIpc) is 2.66. The number of anilines is 2. The van der Waals surface area contributed by atoms with Gasteiger partial charge >= 0.3 is 0 Å². The molecule has 0 radical (unpaired) electrons. The highest BCUT2D eigenvalue weighted by molar-refractivity contribution is 6.31. The molecule has 6 nitrogen and oxygen atoms in total. The van der Waals surface area contributed by atoms with Crippen LogP contribution in [0, 0.1) is 0 Å². The second-order valence-corrected chi connectivity index (χ2v) is 5.71. The summed E-state index contributed by atoms with van der Waals surface area (Å²) < 4.78 is 0. The number of aliphatic hydroxyl groups excluding tert-OH is 1. The maximum atomic E-state index is 9.01. The first kappa shape index (κ1) is 17.1. The van der Waals surface area contributed by atoms with E-state index in [0.29, 0.717) is 29.9 Å². The van der Waals surface area contributed by atoms with E-state index >= 15 is 0 Å². The van der Waals surface area contributed by atoms with Crippen LogP contribution in [-0.4, -0.2) is 33.2 Å². The second kappa shape index (κ2) is 8.41. The molecule has 2 heterocycles. The van der Waals surface area contributed by atoms with E-state index in [9.17, 15) is 0 Å². The summed E-state index contributed by atoms with van der Waals surface area (Å²) in [6.45, 7) is 0.923. The first-order chi connectivity index (χ1) is 12.3. The van der Waals surface area contributed by atoms with Gasteiger partial charge in [0.05, 0.1) is 12.3 Å². The number of nitrogens with zero attached hydrogens (tertiary/aromatic N) is 3. The minimum absolute atomic E-state index is 0.00284. The van der Waals surface area contributed by atoms with Gasteiger partial charge in [0.25, 0.3) is 0 Å². The summed E-state index contributed by atoms with van der Waals surface area (Å²) in [5.74, 6) is 1.10. The van der Waals surface area contributed by atoms with E-state index in [4.69, 9.17) is 16.7 Å².